The van der Waals surface area contributed by atoms with E-state index in [0.29, 0.717) is 11.1 Å². The van der Waals surface area contributed by atoms with E-state index in [4.69, 9.17) is 5.73 Å². The van der Waals surface area contributed by atoms with Crippen molar-refractivity contribution in [2.45, 2.75) is 18.9 Å². The minimum atomic E-state index is -0.868. The zero-order valence-electron chi connectivity index (χ0n) is 14.7. The highest BCUT2D eigenvalue weighted by atomic mass is 16.2. The second-order valence-electron chi connectivity index (χ2n) is 6.35. The Kier molecular flexibility index (Phi) is 5.48. The number of fused-ring (bicyclic) bond motifs is 1. The molecule has 0 aliphatic heterocycles. The Hall–Kier alpha value is -3.65. The lowest BCUT2D eigenvalue weighted by Gasteiger charge is -2.16. The van der Waals surface area contributed by atoms with Crippen LogP contribution in [-0.2, 0) is 22.4 Å². The summed E-state index contributed by atoms with van der Waals surface area (Å²) in [5.41, 5.74) is 7.45. The monoisotopic (exact) mass is 357 g/mol. The van der Waals surface area contributed by atoms with Gasteiger partial charge >= 0.3 is 0 Å². The molecule has 0 radical (unpaired) electrons. The van der Waals surface area contributed by atoms with Crippen LogP contribution < -0.4 is 11.1 Å². The first-order valence-corrected chi connectivity index (χ1v) is 8.61. The predicted molar refractivity (Wildman–Crippen MR) is 104 cm³/mol. The van der Waals surface area contributed by atoms with Crippen LogP contribution in [0, 0.1) is 11.3 Å². The molecular formula is C22H19N3O2. The number of carbonyl (C=O) groups is 2. The average molecular weight is 357 g/mol. The van der Waals surface area contributed by atoms with E-state index in [9.17, 15) is 14.9 Å². The summed E-state index contributed by atoms with van der Waals surface area (Å²) in [5, 5.41) is 14.0. The van der Waals surface area contributed by atoms with Crippen LogP contribution in [0.4, 0.5) is 0 Å². The maximum atomic E-state index is 12.4. The highest BCUT2D eigenvalue weighted by Gasteiger charge is 2.20. The molecule has 0 aliphatic carbocycles. The molecule has 0 aliphatic rings. The molecule has 0 fully saturated rings. The van der Waals surface area contributed by atoms with E-state index in [1.165, 1.54) is 0 Å². The van der Waals surface area contributed by atoms with Gasteiger partial charge in [0.1, 0.15) is 6.04 Å². The molecule has 5 nitrogen and oxygen atoms in total. The first-order chi connectivity index (χ1) is 13.1. The van der Waals surface area contributed by atoms with Gasteiger partial charge in [-0.3, -0.25) is 9.59 Å². The van der Waals surface area contributed by atoms with Gasteiger partial charge in [-0.25, -0.2) is 0 Å². The van der Waals surface area contributed by atoms with E-state index in [1.54, 1.807) is 24.3 Å². The van der Waals surface area contributed by atoms with Crippen molar-refractivity contribution in [3.05, 3.63) is 83.4 Å². The van der Waals surface area contributed by atoms with Crippen molar-refractivity contribution in [2.24, 2.45) is 5.73 Å². The first kappa shape index (κ1) is 18.2. The second kappa shape index (κ2) is 8.15. The fourth-order valence-electron chi connectivity index (χ4n) is 3.03. The molecule has 3 aromatic carbocycles. The van der Waals surface area contributed by atoms with Gasteiger partial charge in [-0.2, -0.15) is 5.26 Å². The summed E-state index contributed by atoms with van der Waals surface area (Å²) in [4.78, 5) is 24.2. The molecule has 0 unspecified atom stereocenters. The fourth-order valence-corrected chi connectivity index (χ4v) is 3.03. The quantitative estimate of drug-likeness (QED) is 0.709. The maximum Gasteiger partial charge on any atom is 0.240 e. The number of primary amides is 1. The molecule has 2 amide bonds. The number of hydrogen-bond acceptors (Lipinski definition) is 3. The van der Waals surface area contributed by atoms with Crippen LogP contribution >= 0.6 is 0 Å². The van der Waals surface area contributed by atoms with Gasteiger partial charge in [-0.05, 0) is 28.0 Å². The molecular weight excluding hydrogens is 338 g/mol. The summed E-state index contributed by atoms with van der Waals surface area (Å²) in [5.74, 6) is -0.918. The van der Waals surface area contributed by atoms with Crippen LogP contribution in [0.15, 0.2) is 66.7 Å². The van der Waals surface area contributed by atoms with Crippen molar-refractivity contribution in [1.82, 2.24) is 5.32 Å². The molecule has 0 saturated carbocycles. The minimum Gasteiger partial charge on any atom is -0.368 e. The minimum absolute atomic E-state index is 0.147. The zero-order chi connectivity index (χ0) is 19.2. The van der Waals surface area contributed by atoms with Gasteiger partial charge in [0.25, 0.3) is 0 Å². The number of carbonyl (C=O) groups excluding carboxylic acids is 2. The van der Waals surface area contributed by atoms with E-state index >= 15 is 0 Å². The van der Waals surface area contributed by atoms with E-state index in [2.05, 4.69) is 11.4 Å². The van der Waals surface area contributed by atoms with Crippen LogP contribution in [0.25, 0.3) is 10.8 Å². The van der Waals surface area contributed by atoms with Crippen molar-refractivity contribution in [3.8, 4) is 6.07 Å². The Morgan fingerprint density at radius 1 is 1.00 bits per heavy atom. The number of nitrogens with zero attached hydrogens (tertiary/aromatic N) is 1. The molecule has 134 valence electrons. The summed E-state index contributed by atoms with van der Waals surface area (Å²) in [7, 11) is 0. The molecule has 0 bridgehead atoms. The number of amides is 2. The molecule has 27 heavy (non-hydrogen) atoms. The fraction of sp³-hybridized carbons (Fsp3) is 0.136. The van der Waals surface area contributed by atoms with Gasteiger partial charge in [-0.15, -0.1) is 0 Å². The molecule has 3 aromatic rings. The lowest BCUT2D eigenvalue weighted by atomic mass is 10.00. The van der Waals surface area contributed by atoms with Crippen LogP contribution in [0.2, 0.25) is 0 Å². The topological polar surface area (TPSA) is 96.0 Å². The van der Waals surface area contributed by atoms with Crippen molar-refractivity contribution in [2.75, 3.05) is 0 Å². The third kappa shape index (κ3) is 4.50. The Labute approximate surface area is 157 Å². The number of benzene rings is 3. The maximum absolute atomic E-state index is 12.4. The van der Waals surface area contributed by atoms with Gasteiger partial charge < -0.3 is 11.1 Å². The Morgan fingerprint density at radius 3 is 2.44 bits per heavy atom. The molecule has 0 saturated heterocycles. The smallest absolute Gasteiger partial charge is 0.240 e. The van der Waals surface area contributed by atoms with Crippen molar-refractivity contribution < 1.29 is 9.59 Å². The number of nitriles is 1. The number of hydrogen-bond donors (Lipinski definition) is 2. The molecule has 1 atom stereocenters. The van der Waals surface area contributed by atoms with Crippen molar-refractivity contribution in [3.63, 3.8) is 0 Å². The molecule has 0 spiro atoms. The van der Waals surface area contributed by atoms with Crippen molar-refractivity contribution in [1.29, 1.82) is 5.26 Å². The lowest BCUT2D eigenvalue weighted by molar-refractivity contribution is -0.127. The third-order valence-electron chi connectivity index (χ3n) is 4.42. The Balaban J connectivity index is 1.71. The second-order valence-corrected chi connectivity index (χ2v) is 6.35. The number of nitrogens with two attached hydrogens (primary N) is 1. The first-order valence-electron chi connectivity index (χ1n) is 8.61. The summed E-state index contributed by atoms with van der Waals surface area (Å²) < 4.78 is 0. The van der Waals surface area contributed by atoms with Crippen molar-refractivity contribution >= 4 is 22.6 Å². The number of rotatable bonds is 6. The summed E-state index contributed by atoms with van der Waals surface area (Å²) in [6.45, 7) is 0. The van der Waals surface area contributed by atoms with Crippen LogP contribution in [0.3, 0.4) is 0 Å². The Bertz CT molecular complexity index is 1040. The average Bonchev–Trinajstić information content (AvgIpc) is 2.67. The summed E-state index contributed by atoms with van der Waals surface area (Å²) in [6.07, 6.45) is 0.330. The third-order valence-corrected chi connectivity index (χ3v) is 4.42. The van der Waals surface area contributed by atoms with Gasteiger partial charge in [-0.1, -0.05) is 60.7 Å². The van der Waals surface area contributed by atoms with Gasteiger partial charge in [0.15, 0.2) is 0 Å². The predicted octanol–water partition coefficient (Wildman–Crippen LogP) is 2.47. The summed E-state index contributed by atoms with van der Waals surface area (Å²) in [6, 6.07) is 21.9. The van der Waals surface area contributed by atoms with E-state index in [-0.39, 0.29) is 18.7 Å². The molecule has 5 heteroatoms. The standard InChI is InChI=1S/C22H19N3O2/c23-14-19-8-4-3-7-18(19)13-20(22(24)27)25-21(26)12-15-9-10-16-5-1-2-6-17(16)11-15/h1-11,20H,12-13H2,(H2,24,27)(H,25,26)/t20-/m0/s1. The Morgan fingerprint density at radius 2 is 1.70 bits per heavy atom. The largest absolute Gasteiger partial charge is 0.368 e. The number of nitrogens with one attached hydrogen (secondary N) is 1. The molecule has 0 aromatic heterocycles. The highest BCUT2D eigenvalue weighted by Crippen LogP contribution is 2.16. The van der Waals surface area contributed by atoms with Gasteiger partial charge in [0.2, 0.25) is 11.8 Å². The van der Waals surface area contributed by atoms with E-state index in [1.807, 2.05) is 42.5 Å². The summed E-state index contributed by atoms with van der Waals surface area (Å²) >= 11 is 0. The van der Waals surface area contributed by atoms with Gasteiger partial charge in [0, 0.05) is 6.42 Å². The van der Waals surface area contributed by atoms with Crippen LogP contribution in [0.1, 0.15) is 16.7 Å². The van der Waals surface area contributed by atoms with Crippen LogP contribution in [0.5, 0.6) is 0 Å². The van der Waals surface area contributed by atoms with E-state index in [0.717, 1.165) is 16.3 Å². The van der Waals surface area contributed by atoms with Crippen LogP contribution in [-0.4, -0.2) is 17.9 Å². The highest BCUT2D eigenvalue weighted by molar-refractivity contribution is 5.89. The molecule has 3 rings (SSSR count). The molecule has 0 heterocycles. The molecule has 3 N–H and O–H groups in total. The lowest BCUT2D eigenvalue weighted by Crippen LogP contribution is -2.46. The zero-order valence-corrected chi connectivity index (χ0v) is 14.7. The van der Waals surface area contributed by atoms with Gasteiger partial charge in [0.05, 0.1) is 18.1 Å². The SMILES string of the molecule is N#Cc1ccccc1C[C@H](NC(=O)Cc1ccc2ccccc2c1)C(N)=O. The normalized spacial score (nSPS) is 11.5. The van der Waals surface area contributed by atoms with E-state index < -0.39 is 11.9 Å².